The van der Waals surface area contributed by atoms with Crippen LogP contribution in [0.25, 0.3) is 0 Å². The summed E-state index contributed by atoms with van der Waals surface area (Å²) in [5.74, 6) is 2.34. The first-order valence-corrected chi connectivity index (χ1v) is 8.40. The van der Waals surface area contributed by atoms with E-state index < -0.39 is 0 Å². The third-order valence-electron chi connectivity index (χ3n) is 4.37. The molecule has 1 aromatic carbocycles. The van der Waals surface area contributed by atoms with Crippen molar-refractivity contribution in [2.45, 2.75) is 25.9 Å². The lowest BCUT2D eigenvalue weighted by Gasteiger charge is -2.10. The van der Waals surface area contributed by atoms with Crippen LogP contribution in [-0.4, -0.2) is 28.5 Å². The van der Waals surface area contributed by atoms with Crippen LogP contribution in [-0.2, 0) is 18.4 Å². The van der Waals surface area contributed by atoms with Gasteiger partial charge in [0.25, 0.3) is 0 Å². The molecule has 2 aromatic rings. The van der Waals surface area contributed by atoms with Gasteiger partial charge in [-0.15, -0.1) is 24.8 Å². The monoisotopic (exact) mass is 400 g/mol. The molecule has 2 N–H and O–H groups in total. The van der Waals surface area contributed by atoms with Gasteiger partial charge >= 0.3 is 0 Å². The number of hydrogen-bond acceptors (Lipinski definition) is 4. The second kappa shape index (κ2) is 11.1. The minimum atomic E-state index is 0. The molecule has 1 fully saturated rings. The van der Waals surface area contributed by atoms with Gasteiger partial charge in [-0.2, -0.15) is 0 Å². The Morgan fingerprint density at radius 3 is 2.73 bits per heavy atom. The number of hydrogen-bond donors (Lipinski definition) is 2. The average Bonchev–Trinajstić information content (AvgIpc) is 3.24. The fraction of sp³-hybridized carbons (Fsp3) is 0.444. The molecular weight excluding hydrogens is 375 g/mol. The van der Waals surface area contributed by atoms with E-state index in [-0.39, 0.29) is 30.7 Å². The van der Waals surface area contributed by atoms with Crippen LogP contribution < -0.4 is 15.4 Å². The fourth-order valence-corrected chi connectivity index (χ4v) is 2.84. The van der Waals surface area contributed by atoms with E-state index in [0.29, 0.717) is 18.9 Å². The standard InChI is InChI=1S/C18H24N4O2.2ClH/c1-22-11-10-20-17(22)13-24-16-5-3-15(4-6-16)21-18(23)7-2-14-8-9-19-12-14;;/h3-6,10-11,14,19H,2,7-9,12-13H2,1H3,(H,21,23);2*1H. The number of aryl methyl sites for hydroxylation is 1. The van der Waals surface area contributed by atoms with Crippen LogP contribution in [0.4, 0.5) is 5.69 Å². The molecule has 26 heavy (non-hydrogen) atoms. The molecule has 3 rings (SSSR count). The summed E-state index contributed by atoms with van der Waals surface area (Å²) >= 11 is 0. The normalized spacial score (nSPS) is 15.7. The number of ether oxygens (including phenoxy) is 1. The predicted molar refractivity (Wildman–Crippen MR) is 107 cm³/mol. The molecule has 1 aliphatic heterocycles. The number of carbonyl (C=O) groups is 1. The van der Waals surface area contributed by atoms with Crippen molar-refractivity contribution >= 4 is 36.4 Å². The average molecular weight is 401 g/mol. The summed E-state index contributed by atoms with van der Waals surface area (Å²) in [5, 5.41) is 6.27. The van der Waals surface area contributed by atoms with E-state index in [9.17, 15) is 4.79 Å². The molecule has 8 heteroatoms. The number of amides is 1. The molecule has 1 amide bonds. The van der Waals surface area contributed by atoms with Gasteiger partial charge in [-0.05, 0) is 56.1 Å². The molecule has 6 nitrogen and oxygen atoms in total. The van der Waals surface area contributed by atoms with Gasteiger partial charge in [0.1, 0.15) is 18.2 Å². The molecule has 1 saturated heterocycles. The number of imidazole rings is 1. The highest BCUT2D eigenvalue weighted by Gasteiger charge is 2.15. The molecule has 1 aliphatic rings. The van der Waals surface area contributed by atoms with Gasteiger partial charge in [0, 0.05) is 31.5 Å². The highest BCUT2D eigenvalue weighted by molar-refractivity contribution is 5.90. The number of nitrogens with one attached hydrogen (secondary N) is 2. The molecule has 0 aliphatic carbocycles. The zero-order valence-electron chi connectivity index (χ0n) is 14.8. The lowest BCUT2D eigenvalue weighted by Crippen LogP contribution is -2.15. The van der Waals surface area contributed by atoms with Crippen molar-refractivity contribution in [2.75, 3.05) is 18.4 Å². The van der Waals surface area contributed by atoms with E-state index in [2.05, 4.69) is 15.6 Å². The molecule has 0 spiro atoms. The summed E-state index contributed by atoms with van der Waals surface area (Å²) < 4.78 is 7.63. The molecular formula is C18H26Cl2N4O2. The van der Waals surface area contributed by atoms with Crippen molar-refractivity contribution in [1.82, 2.24) is 14.9 Å². The van der Waals surface area contributed by atoms with E-state index in [1.54, 1.807) is 6.20 Å². The van der Waals surface area contributed by atoms with Crippen molar-refractivity contribution in [3.8, 4) is 5.75 Å². The van der Waals surface area contributed by atoms with Gasteiger partial charge in [0.2, 0.25) is 5.91 Å². The number of carbonyl (C=O) groups excluding carboxylic acids is 1. The summed E-state index contributed by atoms with van der Waals surface area (Å²) in [7, 11) is 1.94. The molecule has 1 aromatic heterocycles. The summed E-state index contributed by atoms with van der Waals surface area (Å²) in [6, 6.07) is 7.45. The van der Waals surface area contributed by atoms with E-state index in [0.717, 1.165) is 36.8 Å². The van der Waals surface area contributed by atoms with Gasteiger partial charge in [-0.3, -0.25) is 4.79 Å². The van der Waals surface area contributed by atoms with Crippen LogP contribution >= 0.6 is 24.8 Å². The maximum Gasteiger partial charge on any atom is 0.224 e. The number of rotatable bonds is 7. The third-order valence-corrected chi connectivity index (χ3v) is 4.37. The molecule has 1 unspecified atom stereocenters. The van der Waals surface area contributed by atoms with E-state index in [1.807, 2.05) is 42.1 Å². The Balaban J connectivity index is 0.00000169. The van der Waals surface area contributed by atoms with Crippen molar-refractivity contribution in [3.63, 3.8) is 0 Å². The molecule has 0 saturated carbocycles. The predicted octanol–water partition coefficient (Wildman–Crippen LogP) is 3.17. The lowest BCUT2D eigenvalue weighted by molar-refractivity contribution is -0.116. The van der Waals surface area contributed by atoms with Crippen molar-refractivity contribution in [1.29, 1.82) is 0 Å². The van der Waals surface area contributed by atoms with Gasteiger partial charge < -0.3 is 19.9 Å². The van der Waals surface area contributed by atoms with Gasteiger partial charge in [0.05, 0.1) is 0 Å². The van der Waals surface area contributed by atoms with Crippen molar-refractivity contribution < 1.29 is 9.53 Å². The van der Waals surface area contributed by atoms with E-state index in [4.69, 9.17) is 4.74 Å². The second-order valence-electron chi connectivity index (χ2n) is 6.21. The Kier molecular flexibility index (Phi) is 9.48. The van der Waals surface area contributed by atoms with Crippen molar-refractivity contribution in [2.24, 2.45) is 13.0 Å². The van der Waals surface area contributed by atoms with Crippen molar-refractivity contribution in [3.05, 3.63) is 42.5 Å². The Morgan fingerprint density at radius 1 is 1.35 bits per heavy atom. The molecule has 2 heterocycles. The van der Waals surface area contributed by atoms with Crippen LogP contribution in [0.15, 0.2) is 36.7 Å². The Bertz CT molecular complexity index is 670. The SMILES string of the molecule is Cl.Cl.Cn1ccnc1COc1ccc(NC(=O)CCC2CCNC2)cc1. The van der Waals surface area contributed by atoms with Crippen LogP contribution in [0.3, 0.4) is 0 Å². The molecule has 0 radical (unpaired) electrons. The zero-order chi connectivity index (χ0) is 16.8. The highest BCUT2D eigenvalue weighted by atomic mass is 35.5. The van der Waals surface area contributed by atoms with Gasteiger partial charge in [-0.1, -0.05) is 0 Å². The Labute approximate surface area is 166 Å². The molecule has 1 atom stereocenters. The fourth-order valence-electron chi connectivity index (χ4n) is 2.84. The summed E-state index contributed by atoms with van der Waals surface area (Å²) in [6.45, 7) is 2.53. The van der Waals surface area contributed by atoms with Crippen LogP contribution in [0.2, 0.25) is 0 Å². The largest absolute Gasteiger partial charge is 0.486 e. The quantitative estimate of drug-likeness (QED) is 0.748. The smallest absolute Gasteiger partial charge is 0.224 e. The number of aromatic nitrogens is 2. The van der Waals surface area contributed by atoms with Crippen LogP contribution in [0, 0.1) is 5.92 Å². The van der Waals surface area contributed by atoms with E-state index in [1.165, 1.54) is 6.42 Å². The van der Waals surface area contributed by atoms with Gasteiger partial charge in [0.15, 0.2) is 0 Å². The Morgan fingerprint density at radius 2 is 2.12 bits per heavy atom. The first kappa shape index (κ1) is 22.3. The highest BCUT2D eigenvalue weighted by Crippen LogP contribution is 2.18. The number of anilines is 1. The van der Waals surface area contributed by atoms with E-state index >= 15 is 0 Å². The number of nitrogens with zero attached hydrogens (tertiary/aromatic N) is 2. The van der Waals surface area contributed by atoms with Crippen LogP contribution in [0.1, 0.15) is 25.1 Å². The lowest BCUT2D eigenvalue weighted by atomic mass is 10.0. The maximum absolute atomic E-state index is 12.0. The van der Waals surface area contributed by atoms with Crippen LogP contribution in [0.5, 0.6) is 5.75 Å². The minimum absolute atomic E-state index is 0. The summed E-state index contributed by atoms with van der Waals surface area (Å²) in [6.07, 6.45) is 6.33. The van der Waals surface area contributed by atoms with Gasteiger partial charge in [-0.25, -0.2) is 4.98 Å². The molecule has 144 valence electrons. The number of halogens is 2. The topological polar surface area (TPSA) is 68.2 Å². The first-order valence-electron chi connectivity index (χ1n) is 8.40. The minimum Gasteiger partial charge on any atom is -0.486 e. The summed E-state index contributed by atoms with van der Waals surface area (Å²) in [5.41, 5.74) is 0.800. The number of benzene rings is 1. The first-order chi connectivity index (χ1) is 11.7. The third kappa shape index (κ3) is 6.52. The second-order valence-corrected chi connectivity index (χ2v) is 6.21. The maximum atomic E-state index is 12.0. The zero-order valence-corrected chi connectivity index (χ0v) is 16.4. The molecule has 0 bridgehead atoms. The summed E-state index contributed by atoms with van der Waals surface area (Å²) in [4.78, 5) is 16.2. The Hall–Kier alpha value is -1.76.